The van der Waals surface area contributed by atoms with Crippen LogP contribution in [0.3, 0.4) is 0 Å². The van der Waals surface area contributed by atoms with Crippen molar-refractivity contribution >= 4 is 30.1 Å². The summed E-state index contributed by atoms with van der Waals surface area (Å²) >= 11 is 0. The van der Waals surface area contributed by atoms with Crippen molar-refractivity contribution in [1.29, 1.82) is 0 Å². The Morgan fingerprint density at radius 1 is 0.930 bits per heavy atom. The van der Waals surface area contributed by atoms with Gasteiger partial charge >= 0.3 is 0 Å². The molecule has 0 saturated carbocycles. The number of methoxy groups -OCH3 is 1. The number of aliphatic hydroxyl groups excluding tert-OH is 1. The molecule has 7 N–H and O–H groups in total. The fraction of sp³-hybridized carbons (Fsp3) is 0.719. The molecule has 3 amide bonds. The smallest absolute Gasteiger partial charge is 0.255 e. The average molecular weight is 629 g/mol. The van der Waals surface area contributed by atoms with Crippen LogP contribution < -0.4 is 26.8 Å². The molecule has 248 valence electrons. The molecule has 10 nitrogen and oxygen atoms in total. The number of rotatable bonds is 21. The van der Waals surface area contributed by atoms with Crippen molar-refractivity contribution in [3.63, 3.8) is 0 Å². The molecule has 0 aliphatic carbocycles. The van der Waals surface area contributed by atoms with Crippen molar-refractivity contribution < 1.29 is 29.0 Å². The first-order valence-corrected chi connectivity index (χ1v) is 15.3. The predicted molar refractivity (Wildman–Crippen MR) is 173 cm³/mol. The number of hydrogen-bond donors (Lipinski definition) is 5. The Hall–Kier alpha value is -2.40. The Kier molecular flexibility index (Phi) is 20.1. The van der Waals surface area contributed by atoms with E-state index in [4.69, 9.17) is 20.9 Å². The monoisotopic (exact) mass is 628 g/mol. The zero-order valence-electron chi connectivity index (χ0n) is 27.1. The number of aliphatic hydroxyl groups is 1. The molecule has 0 saturated heterocycles. The molecule has 0 radical (unpaired) electrons. The second kappa shape index (κ2) is 21.3. The lowest BCUT2D eigenvalue weighted by atomic mass is 9.83. The number of nitrogens with one attached hydrogen (secondary N) is 2. The van der Waals surface area contributed by atoms with Crippen LogP contribution in [-0.2, 0) is 14.3 Å². The van der Waals surface area contributed by atoms with Gasteiger partial charge in [-0.3, -0.25) is 14.4 Å². The first-order valence-electron chi connectivity index (χ1n) is 15.3. The zero-order valence-corrected chi connectivity index (χ0v) is 28.0. The maximum absolute atomic E-state index is 13.1. The molecule has 43 heavy (non-hydrogen) atoms. The molecule has 1 aromatic rings. The van der Waals surface area contributed by atoms with Crippen molar-refractivity contribution in [3.05, 3.63) is 29.8 Å². The highest BCUT2D eigenvalue weighted by Gasteiger charge is 2.31. The molecular formula is C32H57ClN4O6. The minimum atomic E-state index is -0.916. The lowest BCUT2D eigenvalue weighted by Gasteiger charge is -2.31. The van der Waals surface area contributed by atoms with Gasteiger partial charge in [0.15, 0.2) is 0 Å². The molecule has 0 aromatic heterocycles. The molecule has 1 rings (SSSR count). The summed E-state index contributed by atoms with van der Waals surface area (Å²) in [6, 6.07) is 6.21. The minimum absolute atomic E-state index is 0. The fourth-order valence-corrected chi connectivity index (χ4v) is 4.80. The van der Waals surface area contributed by atoms with Gasteiger partial charge in [-0.05, 0) is 61.5 Å². The number of nitrogens with two attached hydrogens (primary N) is 2. The van der Waals surface area contributed by atoms with Crippen molar-refractivity contribution in [2.45, 2.75) is 91.8 Å². The van der Waals surface area contributed by atoms with Crippen molar-refractivity contribution in [1.82, 2.24) is 10.6 Å². The molecule has 0 heterocycles. The highest BCUT2D eigenvalue weighted by Crippen LogP contribution is 2.24. The van der Waals surface area contributed by atoms with Crippen LogP contribution in [-0.4, -0.2) is 67.9 Å². The van der Waals surface area contributed by atoms with E-state index in [1.807, 2.05) is 33.8 Å². The van der Waals surface area contributed by atoms with E-state index in [2.05, 4.69) is 24.5 Å². The van der Waals surface area contributed by atoms with Crippen molar-refractivity contribution in [2.75, 3.05) is 26.9 Å². The summed E-state index contributed by atoms with van der Waals surface area (Å²) in [5, 5.41) is 17.0. The largest absolute Gasteiger partial charge is 0.493 e. The molecular weight excluding hydrogens is 572 g/mol. The summed E-state index contributed by atoms with van der Waals surface area (Å²) in [5.41, 5.74) is 12.3. The molecule has 0 bridgehead atoms. The SMILES string of the molecule is COCCCCOc1ccccc1C(=O)NCC(CC(N)C(O)CC(C(=O)NC(CC(N)=O)C(C)C)C(C)C)C(C)C.Cl. The van der Waals surface area contributed by atoms with Crippen LogP contribution in [0.2, 0.25) is 0 Å². The highest BCUT2D eigenvalue weighted by molar-refractivity contribution is 5.96. The molecule has 0 aliphatic heterocycles. The standard InChI is InChI=1S/C32H56N4O6.ClH/c1-20(2)23(19-35-31(39)24-12-8-9-13-29(24)42-15-11-10-14-41-7)16-26(33)28(37)17-25(21(3)4)32(40)36-27(22(5)6)18-30(34)38;/h8-9,12-13,20-23,25-28,37H,10-11,14-19,33H2,1-7H3,(H2,34,38)(H,35,39)(H,36,40);1H. The quantitative estimate of drug-likeness (QED) is 0.130. The number of carbonyl (C=O) groups is 3. The summed E-state index contributed by atoms with van der Waals surface area (Å²) in [4.78, 5) is 37.7. The maximum atomic E-state index is 13.1. The van der Waals surface area contributed by atoms with Crippen molar-refractivity contribution in [3.8, 4) is 5.75 Å². The van der Waals surface area contributed by atoms with Gasteiger partial charge in [-0.25, -0.2) is 0 Å². The van der Waals surface area contributed by atoms with Gasteiger partial charge in [0.1, 0.15) is 5.75 Å². The number of primary amides is 1. The zero-order chi connectivity index (χ0) is 31.8. The van der Waals surface area contributed by atoms with Crippen LogP contribution in [0.15, 0.2) is 24.3 Å². The van der Waals surface area contributed by atoms with Crippen molar-refractivity contribution in [2.24, 2.45) is 41.1 Å². The first kappa shape index (κ1) is 40.6. The number of benzene rings is 1. The van der Waals surface area contributed by atoms with E-state index in [1.54, 1.807) is 25.3 Å². The minimum Gasteiger partial charge on any atom is -0.493 e. The van der Waals surface area contributed by atoms with E-state index in [0.717, 1.165) is 12.8 Å². The van der Waals surface area contributed by atoms with Crippen LogP contribution >= 0.6 is 12.4 Å². The van der Waals surface area contributed by atoms with Crippen LogP contribution in [0.5, 0.6) is 5.75 Å². The van der Waals surface area contributed by atoms with Gasteiger partial charge in [-0.2, -0.15) is 0 Å². The number of halogens is 1. The van der Waals surface area contributed by atoms with Gasteiger partial charge in [0.25, 0.3) is 5.91 Å². The third-order valence-electron chi connectivity index (χ3n) is 7.86. The van der Waals surface area contributed by atoms with Gasteiger partial charge < -0.3 is 36.7 Å². The lowest BCUT2D eigenvalue weighted by molar-refractivity contribution is -0.129. The van der Waals surface area contributed by atoms with E-state index in [9.17, 15) is 19.5 Å². The van der Waals surface area contributed by atoms with Crippen LogP contribution in [0, 0.1) is 29.6 Å². The second-order valence-electron chi connectivity index (χ2n) is 12.3. The Bertz CT molecular complexity index is 962. The molecule has 0 aliphatic rings. The summed E-state index contributed by atoms with van der Waals surface area (Å²) in [7, 11) is 1.66. The van der Waals surface area contributed by atoms with E-state index < -0.39 is 24.0 Å². The van der Waals surface area contributed by atoms with Gasteiger partial charge in [-0.15, -0.1) is 12.4 Å². The third kappa shape index (κ3) is 15.2. The summed E-state index contributed by atoms with van der Waals surface area (Å²) in [6.45, 7) is 13.4. The van der Waals surface area contributed by atoms with Gasteiger partial charge in [-0.1, -0.05) is 53.7 Å². The molecule has 0 spiro atoms. The Labute approximate surface area is 264 Å². The average Bonchev–Trinajstić information content (AvgIpc) is 2.92. The number of para-hydroxylation sites is 1. The number of hydrogen-bond acceptors (Lipinski definition) is 7. The third-order valence-corrected chi connectivity index (χ3v) is 7.86. The molecule has 5 atom stereocenters. The normalized spacial score (nSPS) is 14.9. The van der Waals surface area contributed by atoms with Gasteiger partial charge in [0.2, 0.25) is 11.8 Å². The second-order valence-corrected chi connectivity index (χ2v) is 12.3. The Morgan fingerprint density at radius 3 is 2.12 bits per heavy atom. The summed E-state index contributed by atoms with van der Waals surface area (Å²) < 4.78 is 10.9. The molecule has 1 aromatic carbocycles. The van der Waals surface area contributed by atoms with E-state index in [-0.39, 0.29) is 66.8 Å². The van der Waals surface area contributed by atoms with Gasteiger partial charge in [0, 0.05) is 44.7 Å². The van der Waals surface area contributed by atoms with Gasteiger partial charge in [0.05, 0.1) is 18.3 Å². The topological polar surface area (TPSA) is 166 Å². The lowest BCUT2D eigenvalue weighted by Crippen LogP contribution is -2.47. The van der Waals surface area contributed by atoms with Crippen LogP contribution in [0.4, 0.5) is 0 Å². The molecule has 11 heteroatoms. The highest BCUT2D eigenvalue weighted by atomic mass is 35.5. The van der Waals surface area contributed by atoms with E-state index in [1.165, 1.54) is 0 Å². The number of ether oxygens (including phenoxy) is 2. The molecule has 5 unspecified atom stereocenters. The first-order chi connectivity index (χ1) is 19.8. The summed E-state index contributed by atoms with van der Waals surface area (Å²) in [5.74, 6) is -0.680. The van der Waals surface area contributed by atoms with Crippen LogP contribution in [0.25, 0.3) is 0 Å². The summed E-state index contributed by atoms with van der Waals surface area (Å²) in [6.07, 6.45) is 1.51. The number of amides is 3. The van der Waals surface area contributed by atoms with E-state index in [0.29, 0.717) is 37.5 Å². The predicted octanol–water partition coefficient (Wildman–Crippen LogP) is 3.67. The number of unbranched alkanes of at least 4 members (excludes halogenated alkanes) is 1. The number of carbonyl (C=O) groups excluding carboxylic acids is 3. The molecule has 0 fully saturated rings. The van der Waals surface area contributed by atoms with Crippen LogP contribution in [0.1, 0.15) is 84.0 Å². The van der Waals surface area contributed by atoms with E-state index >= 15 is 0 Å². The Balaban J connectivity index is 0.0000176. The Morgan fingerprint density at radius 2 is 1.56 bits per heavy atom. The maximum Gasteiger partial charge on any atom is 0.255 e. The fourth-order valence-electron chi connectivity index (χ4n) is 4.80.